The van der Waals surface area contributed by atoms with Crippen LogP contribution in [0, 0.1) is 5.92 Å². The molecule has 6 heteroatoms. The van der Waals surface area contributed by atoms with Crippen molar-refractivity contribution in [3.8, 4) is 0 Å². The molecule has 3 aliphatic rings. The SMILES string of the molecule is O=C(C1CCCN(C2CSCCSC2)C1)N1CCOCC1. The predicted octanol–water partition coefficient (Wildman–Crippen LogP) is 1.41. The van der Waals surface area contributed by atoms with E-state index in [1.165, 1.54) is 36.0 Å². The minimum Gasteiger partial charge on any atom is -0.378 e. The summed E-state index contributed by atoms with van der Waals surface area (Å²) >= 11 is 4.16. The van der Waals surface area contributed by atoms with E-state index in [-0.39, 0.29) is 5.92 Å². The minimum atomic E-state index is 0.218. The number of amides is 1. The average Bonchev–Trinajstić information content (AvgIpc) is 2.84. The summed E-state index contributed by atoms with van der Waals surface area (Å²) in [4.78, 5) is 17.3. The normalized spacial score (nSPS) is 30.1. The maximum Gasteiger partial charge on any atom is 0.227 e. The van der Waals surface area contributed by atoms with E-state index in [2.05, 4.69) is 28.4 Å². The van der Waals surface area contributed by atoms with Gasteiger partial charge in [0.1, 0.15) is 0 Å². The monoisotopic (exact) mass is 330 g/mol. The zero-order valence-electron chi connectivity index (χ0n) is 12.7. The Morgan fingerprint density at radius 1 is 1.05 bits per heavy atom. The van der Waals surface area contributed by atoms with E-state index in [4.69, 9.17) is 4.74 Å². The summed E-state index contributed by atoms with van der Waals surface area (Å²) < 4.78 is 5.36. The first-order valence-electron chi connectivity index (χ1n) is 8.10. The molecule has 1 amide bonds. The molecule has 4 nitrogen and oxygen atoms in total. The fourth-order valence-electron chi connectivity index (χ4n) is 3.40. The number of thioether (sulfide) groups is 2. The van der Waals surface area contributed by atoms with Gasteiger partial charge in [-0.15, -0.1) is 0 Å². The van der Waals surface area contributed by atoms with E-state index in [0.29, 0.717) is 25.2 Å². The molecule has 0 aliphatic carbocycles. The van der Waals surface area contributed by atoms with Crippen molar-refractivity contribution in [3.05, 3.63) is 0 Å². The number of nitrogens with zero attached hydrogens (tertiary/aromatic N) is 2. The van der Waals surface area contributed by atoms with Crippen LogP contribution in [0.15, 0.2) is 0 Å². The molecular formula is C15H26N2O2S2. The van der Waals surface area contributed by atoms with Gasteiger partial charge in [-0.2, -0.15) is 23.5 Å². The third kappa shape index (κ3) is 4.30. The first kappa shape index (κ1) is 16.0. The maximum atomic E-state index is 12.7. The molecule has 3 heterocycles. The molecule has 0 radical (unpaired) electrons. The predicted molar refractivity (Wildman–Crippen MR) is 90.1 cm³/mol. The smallest absolute Gasteiger partial charge is 0.227 e. The van der Waals surface area contributed by atoms with E-state index in [0.717, 1.165) is 26.1 Å². The molecule has 0 aromatic carbocycles. The van der Waals surface area contributed by atoms with Gasteiger partial charge in [0.15, 0.2) is 0 Å². The molecule has 3 saturated heterocycles. The van der Waals surface area contributed by atoms with Crippen LogP contribution >= 0.6 is 23.5 Å². The quantitative estimate of drug-likeness (QED) is 0.764. The van der Waals surface area contributed by atoms with Crippen molar-refractivity contribution in [2.24, 2.45) is 5.92 Å². The Balaban J connectivity index is 1.55. The van der Waals surface area contributed by atoms with Gasteiger partial charge < -0.3 is 9.64 Å². The highest BCUT2D eigenvalue weighted by molar-refractivity contribution is 8.03. The third-order valence-corrected chi connectivity index (χ3v) is 7.12. The lowest BCUT2D eigenvalue weighted by atomic mass is 9.95. The number of carbonyl (C=O) groups is 1. The van der Waals surface area contributed by atoms with Crippen molar-refractivity contribution in [2.75, 3.05) is 62.4 Å². The zero-order chi connectivity index (χ0) is 14.5. The van der Waals surface area contributed by atoms with Crippen LogP contribution in [0.5, 0.6) is 0 Å². The van der Waals surface area contributed by atoms with Crippen LogP contribution in [-0.4, -0.2) is 84.2 Å². The summed E-state index contributed by atoms with van der Waals surface area (Å²) in [5, 5.41) is 0. The number of morpholine rings is 1. The van der Waals surface area contributed by atoms with Crippen molar-refractivity contribution in [1.29, 1.82) is 0 Å². The summed E-state index contributed by atoms with van der Waals surface area (Å²) in [5.74, 6) is 5.64. The van der Waals surface area contributed by atoms with Crippen LogP contribution < -0.4 is 0 Å². The lowest BCUT2D eigenvalue weighted by molar-refractivity contribution is -0.141. The Morgan fingerprint density at radius 3 is 2.48 bits per heavy atom. The fraction of sp³-hybridized carbons (Fsp3) is 0.933. The maximum absolute atomic E-state index is 12.7. The molecule has 3 fully saturated rings. The Hall–Kier alpha value is 0.0900. The Morgan fingerprint density at radius 2 is 1.76 bits per heavy atom. The number of piperidine rings is 1. The third-order valence-electron chi connectivity index (χ3n) is 4.63. The van der Waals surface area contributed by atoms with Crippen LogP contribution in [0.1, 0.15) is 12.8 Å². The summed E-state index contributed by atoms with van der Waals surface area (Å²) in [6.45, 7) is 5.13. The lowest BCUT2D eigenvalue weighted by Crippen LogP contribution is -2.51. The number of ether oxygens (including phenoxy) is 1. The van der Waals surface area contributed by atoms with E-state index >= 15 is 0 Å². The van der Waals surface area contributed by atoms with Gasteiger partial charge in [-0.3, -0.25) is 9.69 Å². The van der Waals surface area contributed by atoms with Crippen LogP contribution in [0.2, 0.25) is 0 Å². The topological polar surface area (TPSA) is 32.8 Å². The molecule has 0 saturated carbocycles. The number of likely N-dealkylation sites (tertiary alicyclic amines) is 1. The number of hydrogen-bond acceptors (Lipinski definition) is 5. The standard InChI is InChI=1S/C15H26N2O2S2/c18-15(16-4-6-19-7-5-16)13-2-1-3-17(10-13)14-11-20-8-9-21-12-14/h13-14H,1-12H2. The van der Waals surface area contributed by atoms with E-state index < -0.39 is 0 Å². The highest BCUT2D eigenvalue weighted by Gasteiger charge is 2.32. The molecule has 0 aromatic heterocycles. The number of carbonyl (C=O) groups excluding carboxylic acids is 1. The van der Waals surface area contributed by atoms with Gasteiger partial charge in [0, 0.05) is 48.7 Å². The number of rotatable bonds is 2. The van der Waals surface area contributed by atoms with E-state index in [9.17, 15) is 4.79 Å². The van der Waals surface area contributed by atoms with E-state index in [1.807, 2.05) is 4.90 Å². The van der Waals surface area contributed by atoms with Crippen molar-refractivity contribution in [3.63, 3.8) is 0 Å². The molecule has 0 N–H and O–H groups in total. The second-order valence-corrected chi connectivity index (χ2v) is 8.38. The first-order valence-corrected chi connectivity index (χ1v) is 10.4. The summed E-state index contributed by atoms with van der Waals surface area (Å²) in [7, 11) is 0. The highest BCUT2D eigenvalue weighted by atomic mass is 32.2. The molecule has 1 atom stereocenters. The van der Waals surface area contributed by atoms with Crippen molar-refractivity contribution in [1.82, 2.24) is 9.80 Å². The average molecular weight is 331 g/mol. The van der Waals surface area contributed by atoms with Crippen LogP contribution in [0.4, 0.5) is 0 Å². The molecule has 3 aliphatic heterocycles. The van der Waals surface area contributed by atoms with Gasteiger partial charge >= 0.3 is 0 Å². The van der Waals surface area contributed by atoms with Gasteiger partial charge in [-0.25, -0.2) is 0 Å². The molecule has 0 aromatic rings. The van der Waals surface area contributed by atoms with E-state index in [1.54, 1.807) is 0 Å². The molecule has 21 heavy (non-hydrogen) atoms. The van der Waals surface area contributed by atoms with Gasteiger partial charge in [0.2, 0.25) is 5.91 Å². The van der Waals surface area contributed by atoms with Crippen LogP contribution in [0.3, 0.4) is 0 Å². The van der Waals surface area contributed by atoms with Gasteiger partial charge in [-0.05, 0) is 19.4 Å². The second-order valence-electron chi connectivity index (χ2n) is 6.08. The van der Waals surface area contributed by atoms with Crippen LogP contribution in [-0.2, 0) is 9.53 Å². The Labute approximate surface area is 136 Å². The molecule has 0 spiro atoms. The van der Waals surface area contributed by atoms with Gasteiger partial charge in [0.05, 0.1) is 19.1 Å². The first-order chi connectivity index (χ1) is 10.3. The van der Waals surface area contributed by atoms with Crippen LogP contribution in [0.25, 0.3) is 0 Å². The molecule has 1 unspecified atom stereocenters. The summed E-state index contributed by atoms with van der Waals surface area (Å²) in [6.07, 6.45) is 2.24. The van der Waals surface area contributed by atoms with Crippen molar-refractivity contribution in [2.45, 2.75) is 18.9 Å². The highest BCUT2D eigenvalue weighted by Crippen LogP contribution is 2.26. The largest absolute Gasteiger partial charge is 0.378 e. The molecule has 0 bridgehead atoms. The van der Waals surface area contributed by atoms with Gasteiger partial charge in [0.25, 0.3) is 0 Å². The molecule has 120 valence electrons. The number of hydrogen-bond donors (Lipinski definition) is 0. The minimum absolute atomic E-state index is 0.218. The second kappa shape index (κ2) is 8.09. The fourth-order valence-corrected chi connectivity index (χ4v) is 6.02. The lowest BCUT2D eigenvalue weighted by Gasteiger charge is -2.39. The zero-order valence-corrected chi connectivity index (χ0v) is 14.3. The summed E-state index contributed by atoms with van der Waals surface area (Å²) in [6, 6.07) is 0.669. The van der Waals surface area contributed by atoms with Crippen molar-refractivity contribution >= 4 is 29.4 Å². The molecular weight excluding hydrogens is 304 g/mol. The molecule has 3 rings (SSSR count). The Bertz CT molecular complexity index is 343. The summed E-state index contributed by atoms with van der Waals surface area (Å²) in [5.41, 5.74) is 0. The van der Waals surface area contributed by atoms with Gasteiger partial charge in [-0.1, -0.05) is 0 Å². The van der Waals surface area contributed by atoms with Crippen molar-refractivity contribution < 1.29 is 9.53 Å². The Kier molecular flexibility index (Phi) is 6.15.